The fraction of sp³-hybridized carbons (Fsp3) is 0.148. The van der Waals surface area contributed by atoms with Crippen molar-refractivity contribution in [3.8, 4) is 11.1 Å². The average Bonchev–Trinajstić information content (AvgIpc) is 3.47. The minimum absolute atomic E-state index is 0.0181. The predicted octanol–water partition coefficient (Wildman–Crippen LogP) is 5.66. The Bertz CT molecular complexity index is 1810. The third-order valence-electron chi connectivity index (χ3n) is 6.38. The van der Waals surface area contributed by atoms with Crippen LogP contribution in [0.2, 0.25) is 0 Å². The van der Waals surface area contributed by atoms with Gasteiger partial charge < -0.3 is 20.6 Å². The summed E-state index contributed by atoms with van der Waals surface area (Å²) < 4.78 is 79.3. The summed E-state index contributed by atoms with van der Waals surface area (Å²) in [4.78, 5) is 13.5. The van der Waals surface area contributed by atoms with Gasteiger partial charge in [0.2, 0.25) is 5.78 Å². The van der Waals surface area contributed by atoms with Gasteiger partial charge in [-0.1, -0.05) is 6.07 Å². The molecule has 0 aliphatic carbocycles. The summed E-state index contributed by atoms with van der Waals surface area (Å²) in [6.07, 6.45) is 0.267. The van der Waals surface area contributed by atoms with Crippen LogP contribution >= 0.6 is 0 Å². The Kier molecular flexibility index (Phi) is 6.44. The normalized spacial score (nSPS) is 12.2. The highest BCUT2D eigenvalue weighted by Gasteiger charge is 2.37. The van der Waals surface area contributed by atoms with Crippen LogP contribution in [0.25, 0.3) is 28.4 Å². The monoisotopic (exact) mass is 556 g/mol. The fourth-order valence-electron chi connectivity index (χ4n) is 4.54. The van der Waals surface area contributed by atoms with Crippen LogP contribution in [0, 0.1) is 18.6 Å². The first-order valence-electron chi connectivity index (χ1n) is 11.9. The summed E-state index contributed by atoms with van der Waals surface area (Å²) in [7, 11) is 0. The van der Waals surface area contributed by atoms with Crippen LogP contribution in [0.4, 0.5) is 33.3 Å². The van der Waals surface area contributed by atoms with Gasteiger partial charge in [-0.25, -0.2) is 8.78 Å². The first-order valence-corrected chi connectivity index (χ1v) is 11.9. The molecule has 0 unspecified atom stereocenters. The first-order chi connectivity index (χ1) is 18.9. The summed E-state index contributed by atoms with van der Waals surface area (Å²) in [6.45, 7) is 3.53. The van der Waals surface area contributed by atoms with E-state index in [0.717, 1.165) is 22.7 Å². The van der Waals surface area contributed by atoms with Crippen LogP contribution in [0.1, 0.15) is 39.9 Å². The number of anilines is 2. The highest BCUT2D eigenvalue weighted by Crippen LogP contribution is 2.44. The molecule has 1 aromatic carbocycles. The van der Waals surface area contributed by atoms with Crippen LogP contribution in [0.3, 0.4) is 0 Å². The van der Waals surface area contributed by atoms with Crippen LogP contribution in [0.5, 0.6) is 0 Å². The number of nitrogens with two attached hydrogens (primary N) is 2. The lowest BCUT2D eigenvalue weighted by Gasteiger charge is -2.18. The second-order valence-electron chi connectivity index (χ2n) is 8.84. The molecular weight excluding hydrogens is 535 g/mol. The number of aryl methyl sites for hydroxylation is 1. The van der Waals surface area contributed by atoms with Gasteiger partial charge in [0.15, 0.2) is 5.65 Å². The number of alkyl halides is 3. The SMILES string of the molecule is CCO/C=C/c1cc(C(=O)c2cc(F)c(N)c(F)c2)n2cccc(-c3c(C(F)(F)F)cn4c(C)nnc4c3N)c12. The van der Waals surface area contributed by atoms with Crippen molar-refractivity contribution in [1.82, 2.24) is 19.0 Å². The van der Waals surface area contributed by atoms with Crippen molar-refractivity contribution < 1.29 is 31.5 Å². The van der Waals surface area contributed by atoms with Crippen molar-refractivity contribution in [3.05, 3.63) is 88.8 Å². The highest BCUT2D eigenvalue weighted by molar-refractivity contribution is 6.10. The van der Waals surface area contributed by atoms with Gasteiger partial charge in [-0.3, -0.25) is 9.20 Å². The number of ether oxygens (including phenoxy) is 1. The Hall–Kier alpha value is -4.94. The largest absolute Gasteiger partial charge is 0.501 e. The molecule has 0 fully saturated rings. The van der Waals surface area contributed by atoms with Crippen molar-refractivity contribution in [2.45, 2.75) is 20.0 Å². The van der Waals surface area contributed by atoms with Gasteiger partial charge in [-0.2, -0.15) is 13.2 Å². The zero-order chi connectivity index (χ0) is 28.9. The number of fused-ring (bicyclic) bond motifs is 2. The van der Waals surface area contributed by atoms with Gasteiger partial charge in [0.1, 0.15) is 23.1 Å². The molecule has 0 amide bonds. The maximum absolute atomic E-state index is 14.4. The second-order valence-corrected chi connectivity index (χ2v) is 8.84. The van der Waals surface area contributed by atoms with Gasteiger partial charge in [-0.15, -0.1) is 10.2 Å². The molecule has 5 rings (SSSR count). The average molecular weight is 556 g/mol. The van der Waals surface area contributed by atoms with Gasteiger partial charge in [0.25, 0.3) is 0 Å². The molecule has 0 aliphatic rings. The molecule has 206 valence electrons. The van der Waals surface area contributed by atoms with E-state index in [0.29, 0.717) is 6.61 Å². The number of ketones is 1. The molecule has 0 atom stereocenters. The Balaban J connectivity index is 1.84. The maximum atomic E-state index is 14.4. The molecule has 4 aromatic heterocycles. The zero-order valence-corrected chi connectivity index (χ0v) is 21.1. The molecule has 4 heterocycles. The van der Waals surface area contributed by atoms with Crippen molar-refractivity contribution >= 4 is 34.4 Å². The second kappa shape index (κ2) is 9.67. The number of nitrogen functional groups attached to an aromatic ring is 2. The van der Waals surface area contributed by atoms with Gasteiger partial charge >= 0.3 is 6.18 Å². The fourth-order valence-corrected chi connectivity index (χ4v) is 4.54. The lowest BCUT2D eigenvalue weighted by molar-refractivity contribution is -0.137. The zero-order valence-electron chi connectivity index (χ0n) is 21.1. The molecule has 0 saturated carbocycles. The van der Waals surface area contributed by atoms with E-state index in [1.807, 2.05) is 0 Å². The van der Waals surface area contributed by atoms with Crippen molar-refractivity contribution in [3.63, 3.8) is 0 Å². The number of carbonyl (C=O) groups is 1. The minimum atomic E-state index is -4.83. The van der Waals surface area contributed by atoms with Crippen LogP contribution in [0.15, 0.2) is 49.0 Å². The number of rotatable bonds is 6. The number of nitrogens with zero attached hydrogens (tertiary/aromatic N) is 4. The Morgan fingerprint density at radius 1 is 1.07 bits per heavy atom. The van der Waals surface area contributed by atoms with Crippen molar-refractivity contribution in [1.29, 1.82) is 0 Å². The minimum Gasteiger partial charge on any atom is -0.501 e. The summed E-state index contributed by atoms with van der Waals surface area (Å²) in [5, 5.41) is 7.77. The van der Waals surface area contributed by atoms with E-state index < -0.39 is 34.8 Å². The molecular formula is C27H21F5N6O2. The number of hydrogen-bond acceptors (Lipinski definition) is 6. The van der Waals surface area contributed by atoms with Crippen molar-refractivity contribution in [2.75, 3.05) is 18.1 Å². The van der Waals surface area contributed by atoms with Crippen molar-refractivity contribution in [2.24, 2.45) is 0 Å². The molecule has 0 saturated heterocycles. The number of carbonyl (C=O) groups excluding carboxylic acids is 1. The predicted molar refractivity (Wildman–Crippen MR) is 138 cm³/mol. The van der Waals surface area contributed by atoms with Gasteiger partial charge in [0, 0.05) is 34.6 Å². The van der Waals surface area contributed by atoms with Crippen LogP contribution < -0.4 is 11.5 Å². The third-order valence-corrected chi connectivity index (χ3v) is 6.38. The molecule has 8 nitrogen and oxygen atoms in total. The standard InChI is InChI=1S/C27H21F5N6O2/c1-3-40-8-6-14-11-20(25(39)15-9-18(28)22(33)19(29)10-15)37-7-4-5-16(24(14)37)21-17(27(30,31)32)12-38-13(2)35-36-26(38)23(21)34/h4-12H,3,33-34H2,1-2H3/b8-6+. The van der Waals surface area contributed by atoms with Crippen LogP contribution in [-0.4, -0.2) is 31.4 Å². The molecule has 0 aliphatic heterocycles. The van der Waals surface area contributed by atoms with E-state index >= 15 is 0 Å². The number of halogens is 5. The van der Waals surface area contributed by atoms with E-state index in [-0.39, 0.29) is 50.6 Å². The Labute approximate surface area is 223 Å². The quantitative estimate of drug-likeness (QED) is 0.121. The summed E-state index contributed by atoms with van der Waals surface area (Å²) >= 11 is 0. The number of benzene rings is 1. The molecule has 4 N–H and O–H groups in total. The molecule has 5 aromatic rings. The number of hydrogen-bond donors (Lipinski definition) is 2. The van der Waals surface area contributed by atoms with E-state index in [2.05, 4.69) is 10.2 Å². The summed E-state index contributed by atoms with van der Waals surface area (Å²) in [5.41, 5.74) is 9.26. The number of aromatic nitrogens is 4. The van der Waals surface area contributed by atoms with Gasteiger partial charge in [0.05, 0.1) is 35.3 Å². The highest BCUT2D eigenvalue weighted by atomic mass is 19.4. The van der Waals surface area contributed by atoms with Gasteiger partial charge in [-0.05, 0) is 44.2 Å². The lowest BCUT2D eigenvalue weighted by atomic mass is 9.97. The van der Waals surface area contributed by atoms with E-state index in [1.54, 1.807) is 6.92 Å². The van der Waals surface area contributed by atoms with Crippen LogP contribution in [-0.2, 0) is 10.9 Å². The Morgan fingerprint density at radius 2 is 1.77 bits per heavy atom. The molecule has 13 heteroatoms. The topological polar surface area (TPSA) is 113 Å². The Morgan fingerprint density at radius 3 is 2.42 bits per heavy atom. The molecule has 40 heavy (non-hydrogen) atoms. The smallest absolute Gasteiger partial charge is 0.418 e. The van der Waals surface area contributed by atoms with E-state index in [4.69, 9.17) is 16.2 Å². The summed E-state index contributed by atoms with van der Waals surface area (Å²) in [5.74, 6) is -2.84. The molecule has 0 bridgehead atoms. The van der Waals surface area contributed by atoms with E-state index in [1.165, 1.54) is 48.1 Å². The summed E-state index contributed by atoms with van der Waals surface area (Å²) in [6, 6.07) is 5.82. The molecule has 0 spiro atoms. The molecule has 0 radical (unpaired) electrons. The first kappa shape index (κ1) is 26.7. The lowest BCUT2D eigenvalue weighted by Crippen LogP contribution is -2.13. The van der Waals surface area contributed by atoms with E-state index in [9.17, 15) is 26.7 Å². The maximum Gasteiger partial charge on any atom is 0.418 e. The number of pyridine rings is 2. The third kappa shape index (κ3) is 4.28.